The average Bonchev–Trinajstić information content (AvgIpc) is 2.70. The zero-order chi connectivity index (χ0) is 23.9. The monoisotopic (exact) mass is 480 g/mol. The van der Waals surface area contributed by atoms with Gasteiger partial charge in [0, 0.05) is 25.6 Å². The van der Waals surface area contributed by atoms with Crippen LogP contribution >= 0.6 is 0 Å². The molecular weight excluding hydrogens is 448 g/mol. The summed E-state index contributed by atoms with van der Waals surface area (Å²) in [5.41, 5.74) is 3.35. The molecule has 0 bridgehead atoms. The Labute approximate surface area is 187 Å². The summed E-state index contributed by atoms with van der Waals surface area (Å²) in [7, 11) is -4.86. The average molecular weight is 481 g/mol. The Hall–Kier alpha value is -2.16. The molecule has 2 aliphatic rings. The van der Waals surface area contributed by atoms with Gasteiger partial charge in [-0.05, 0) is 52.9 Å². The lowest BCUT2D eigenvalue weighted by atomic mass is 9.99. The van der Waals surface area contributed by atoms with Crippen molar-refractivity contribution >= 4 is 28.4 Å². The zero-order valence-electron chi connectivity index (χ0n) is 18.5. The molecule has 2 aliphatic heterocycles. The van der Waals surface area contributed by atoms with E-state index in [0.29, 0.717) is 32.4 Å². The molecule has 0 aromatic heterocycles. The summed E-state index contributed by atoms with van der Waals surface area (Å²) in [6, 6.07) is -1.86. The Morgan fingerprint density at radius 1 is 1.06 bits per heavy atom. The number of carbonyl (C=O) groups is 3. The van der Waals surface area contributed by atoms with E-state index in [1.54, 1.807) is 31.2 Å². The third-order valence-electron chi connectivity index (χ3n) is 4.96. The van der Waals surface area contributed by atoms with Crippen LogP contribution in [0, 0.1) is 5.92 Å². The van der Waals surface area contributed by atoms with Crippen LogP contribution in [-0.2, 0) is 29.1 Å². The van der Waals surface area contributed by atoms with E-state index in [0.717, 1.165) is 17.7 Å². The van der Waals surface area contributed by atoms with Crippen LogP contribution in [0.15, 0.2) is 0 Å². The number of rotatable bonds is 6. The fourth-order valence-electron chi connectivity index (χ4n) is 3.59. The fraction of sp³-hybridized carbons (Fsp3) is 0.833. The maximum Gasteiger partial charge on any atom is 0.418 e. The van der Waals surface area contributed by atoms with Gasteiger partial charge in [-0.2, -0.15) is 13.9 Å². The third-order valence-corrected chi connectivity index (χ3v) is 5.26. The summed E-state index contributed by atoms with van der Waals surface area (Å²) >= 11 is 0. The summed E-state index contributed by atoms with van der Waals surface area (Å²) < 4.78 is 39.1. The summed E-state index contributed by atoms with van der Waals surface area (Å²) in [4.78, 5) is 45.0. The summed E-state index contributed by atoms with van der Waals surface area (Å²) in [5.74, 6) is -0.558. The van der Waals surface area contributed by atoms with Gasteiger partial charge in [0.15, 0.2) is 0 Å². The van der Waals surface area contributed by atoms with Gasteiger partial charge in [0.25, 0.3) is 5.91 Å². The number of ether oxygens (including phenoxy) is 1. The molecule has 0 saturated carbocycles. The predicted octanol–water partition coefficient (Wildman–Crippen LogP) is 0.980. The van der Waals surface area contributed by atoms with Gasteiger partial charge in [0.1, 0.15) is 11.6 Å². The quantitative estimate of drug-likeness (QED) is 0.371. The Bertz CT molecular complexity index is 784. The topological polar surface area (TPSA) is 164 Å². The molecule has 2 rings (SSSR count). The number of amides is 4. The molecule has 0 aromatic rings. The molecular formula is C18H32N4O9S. The van der Waals surface area contributed by atoms with Crippen LogP contribution in [0.3, 0.4) is 0 Å². The molecule has 4 amide bonds. The lowest BCUT2D eigenvalue weighted by Gasteiger charge is -2.35. The Morgan fingerprint density at radius 2 is 1.78 bits per heavy atom. The molecule has 0 aliphatic carbocycles. The van der Waals surface area contributed by atoms with Crippen molar-refractivity contribution in [3.05, 3.63) is 0 Å². The molecule has 0 spiro atoms. The van der Waals surface area contributed by atoms with Crippen molar-refractivity contribution in [3.8, 4) is 0 Å². The van der Waals surface area contributed by atoms with Gasteiger partial charge in [0.2, 0.25) is 0 Å². The van der Waals surface area contributed by atoms with E-state index in [4.69, 9.17) is 14.1 Å². The third kappa shape index (κ3) is 8.76. The molecule has 2 fully saturated rings. The van der Waals surface area contributed by atoms with Gasteiger partial charge in [-0.15, -0.1) is 4.28 Å². The van der Waals surface area contributed by atoms with E-state index >= 15 is 0 Å². The van der Waals surface area contributed by atoms with Crippen LogP contribution in [0.1, 0.15) is 52.9 Å². The summed E-state index contributed by atoms with van der Waals surface area (Å²) in [6.45, 7) is 6.81. The molecule has 2 atom stereocenters. The summed E-state index contributed by atoms with van der Waals surface area (Å²) in [5, 5.41) is 0. The summed E-state index contributed by atoms with van der Waals surface area (Å²) in [6.07, 6.45) is 2.87. The molecule has 0 radical (unpaired) electrons. The number of carbonyl (C=O) groups excluding carboxylic acids is 3. The molecule has 184 valence electrons. The predicted molar refractivity (Wildman–Crippen MR) is 110 cm³/mol. The lowest BCUT2D eigenvalue weighted by molar-refractivity contribution is -0.141. The molecule has 0 aromatic carbocycles. The van der Waals surface area contributed by atoms with Gasteiger partial charge in [-0.25, -0.2) is 15.1 Å². The van der Waals surface area contributed by atoms with Gasteiger partial charge < -0.3 is 14.5 Å². The van der Waals surface area contributed by atoms with Crippen molar-refractivity contribution in [2.24, 2.45) is 5.92 Å². The number of urea groups is 1. The first-order valence-corrected chi connectivity index (χ1v) is 11.8. The van der Waals surface area contributed by atoms with E-state index in [2.05, 4.69) is 9.76 Å². The van der Waals surface area contributed by atoms with Crippen LogP contribution in [0.25, 0.3) is 0 Å². The highest BCUT2D eigenvalue weighted by molar-refractivity contribution is 7.80. The first-order valence-electron chi connectivity index (χ1n) is 10.5. The molecule has 2 heterocycles. The zero-order valence-corrected chi connectivity index (χ0v) is 19.4. The highest BCUT2D eigenvalue weighted by Gasteiger charge is 2.33. The second kappa shape index (κ2) is 11.1. The maximum atomic E-state index is 12.5. The number of nitrogens with zero attached hydrogens (tertiary/aromatic N) is 2. The molecule has 2 saturated heterocycles. The number of hydroxylamine groups is 2. The van der Waals surface area contributed by atoms with Crippen LogP contribution in [0.2, 0.25) is 0 Å². The molecule has 14 heteroatoms. The van der Waals surface area contributed by atoms with E-state index in [-0.39, 0.29) is 25.2 Å². The number of piperidine rings is 2. The molecule has 1 unspecified atom stereocenters. The lowest BCUT2D eigenvalue weighted by Crippen LogP contribution is -2.55. The second-order valence-corrected chi connectivity index (χ2v) is 9.86. The minimum absolute atomic E-state index is 0.00508. The van der Waals surface area contributed by atoms with Gasteiger partial charge in [0.05, 0.1) is 6.61 Å². The SMILES string of the molecule is CC(C)(C)OC(=O)N1CCCC(CONC(=O)[C@@H]2CCCCN2C(=O)NOS(=O)(=O)O)C1. The highest BCUT2D eigenvalue weighted by atomic mass is 32.3. The van der Waals surface area contributed by atoms with Crippen molar-refractivity contribution in [1.82, 2.24) is 20.8 Å². The Morgan fingerprint density at radius 3 is 2.44 bits per heavy atom. The van der Waals surface area contributed by atoms with E-state index in [9.17, 15) is 22.8 Å². The van der Waals surface area contributed by atoms with Gasteiger partial charge in [-0.1, -0.05) is 0 Å². The molecule has 13 nitrogen and oxygen atoms in total. The molecule has 32 heavy (non-hydrogen) atoms. The van der Waals surface area contributed by atoms with E-state index < -0.39 is 34.0 Å². The fourth-order valence-corrected chi connectivity index (χ4v) is 3.76. The van der Waals surface area contributed by atoms with Crippen molar-refractivity contribution in [2.75, 3.05) is 26.2 Å². The highest BCUT2D eigenvalue weighted by Crippen LogP contribution is 2.20. The number of hydrogen-bond donors (Lipinski definition) is 3. The maximum absolute atomic E-state index is 12.5. The van der Waals surface area contributed by atoms with Gasteiger partial charge >= 0.3 is 22.5 Å². The minimum Gasteiger partial charge on any atom is -0.444 e. The number of nitrogens with one attached hydrogen (secondary N) is 2. The second-order valence-electron chi connectivity index (χ2n) is 8.84. The van der Waals surface area contributed by atoms with Crippen LogP contribution in [0.5, 0.6) is 0 Å². The molecule has 3 N–H and O–H groups in total. The van der Waals surface area contributed by atoms with E-state index in [1.807, 2.05) is 0 Å². The van der Waals surface area contributed by atoms with Crippen molar-refractivity contribution < 1.29 is 41.2 Å². The standard InChI is InChI=1S/C18H32N4O9S/c1-18(2,3)30-17(25)21-9-6-7-13(11-21)12-29-19-15(23)14-8-4-5-10-22(14)16(24)20-31-32(26,27)28/h13-14H,4-12H2,1-3H3,(H,19,23)(H,20,24)(H,26,27,28)/t13?,14-/m0/s1. The van der Waals surface area contributed by atoms with Crippen LogP contribution in [0.4, 0.5) is 9.59 Å². The first-order chi connectivity index (χ1) is 14.9. The minimum atomic E-state index is -4.86. The van der Waals surface area contributed by atoms with E-state index in [1.165, 1.54) is 0 Å². The Kier molecular flexibility index (Phi) is 9.07. The van der Waals surface area contributed by atoms with Gasteiger partial charge in [-0.3, -0.25) is 14.2 Å². The number of likely N-dealkylation sites (tertiary alicyclic amines) is 2. The number of hydrogen-bond acceptors (Lipinski definition) is 8. The largest absolute Gasteiger partial charge is 0.444 e. The Balaban J connectivity index is 1.81. The van der Waals surface area contributed by atoms with Crippen molar-refractivity contribution in [1.29, 1.82) is 0 Å². The van der Waals surface area contributed by atoms with Crippen molar-refractivity contribution in [3.63, 3.8) is 0 Å². The normalized spacial score (nSPS) is 22.2. The smallest absolute Gasteiger partial charge is 0.418 e. The van der Waals surface area contributed by atoms with Crippen molar-refractivity contribution in [2.45, 2.75) is 64.5 Å². The first kappa shape index (κ1) is 26.1. The van der Waals surface area contributed by atoms with Crippen LogP contribution in [-0.4, -0.2) is 78.7 Å². The van der Waals surface area contributed by atoms with Crippen LogP contribution < -0.4 is 11.0 Å².